The number of hydrogen-bond donors (Lipinski definition) is 2. The third kappa shape index (κ3) is 5.30. The number of hydrogen-bond acceptors (Lipinski definition) is 8. The topological polar surface area (TPSA) is 137 Å². The van der Waals surface area contributed by atoms with Gasteiger partial charge in [-0.2, -0.15) is 15.1 Å². The van der Waals surface area contributed by atoms with Crippen molar-refractivity contribution < 1.29 is 22.7 Å². The molecular weight excluding hydrogens is 492 g/mol. The fourth-order valence-electron chi connectivity index (χ4n) is 2.47. The molecule has 2 aromatic heterocycles. The van der Waals surface area contributed by atoms with E-state index in [9.17, 15) is 13.2 Å². The first-order valence-corrected chi connectivity index (χ1v) is 11.2. The predicted molar refractivity (Wildman–Crippen MR) is 116 cm³/mol. The number of anilines is 2. The second-order valence-electron chi connectivity index (χ2n) is 6.05. The van der Waals surface area contributed by atoms with Crippen molar-refractivity contribution in [2.45, 2.75) is 18.4 Å². The molecule has 0 aliphatic carbocycles. The summed E-state index contributed by atoms with van der Waals surface area (Å²) in [6.45, 7) is 2.53. The van der Waals surface area contributed by atoms with Crippen LogP contribution < -0.4 is 19.5 Å². The number of nitrogens with one attached hydrogen (secondary N) is 2. The molecular formula is C18H19BrN6O5S. The highest BCUT2D eigenvalue weighted by molar-refractivity contribution is 9.10. The monoisotopic (exact) mass is 510 g/mol. The number of carbonyl (C=O) groups is 1. The lowest BCUT2D eigenvalue weighted by Gasteiger charge is -2.10. The largest absolute Gasteiger partial charge is 0.481 e. The fourth-order valence-corrected chi connectivity index (χ4v) is 3.96. The third-order valence-corrected chi connectivity index (χ3v) is 5.94. The van der Waals surface area contributed by atoms with Gasteiger partial charge in [0.05, 0.1) is 23.6 Å². The van der Waals surface area contributed by atoms with E-state index in [1.165, 1.54) is 44.6 Å². The standard InChI is InChI=1S/C18H19BrN6O5S/c1-4-25-10-13(19)16(23-25)17(26)20-11-5-7-12(8-6-11)31(27,28)24-14-9-15(29-2)22-18(21-14)30-3/h5-10H,4H2,1-3H3,(H,20,26)(H,21,22,24). The molecule has 13 heteroatoms. The summed E-state index contributed by atoms with van der Waals surface area (Å²) < 4.78 is 39.8. The Morgan fingerprint density at radius 2 is 1.87 bits per heavy atom. The smallest absolute Gasteiger partial charge is 0.321 e. The van der Waals surface area contributed by atoms with Gasteiger partial charge in [0.1, 0.15) is 0 Å². The maximum atomic E-state index is 12.7. The second-order valence-corrected chi connectivity index (χ2v) is 8.58. The SMILES string of the molecule is CCn1cc(Br)c(C(=O)Nc2ccc(S(=O)(=O)Nc3cc(OC)nc(OC)n3)cc2)n1. The molecule has 164 valence electrons. The fraction of sp³-hybridized carbons (Fsp3) is 0.222. The number of benzene rings is 1. The summed E-state index contributed by atoms with van der Waals surface area (Å²) in [4.78, 5) is 20.2. The summed E-state index contributed by atoms with van der Waals surface area (Å²) in [7, 11) is -1.22. The van der Waals surface area contributed by atoms with Crippen LogP contribution in [-0.2, 0) is 16.6 Å². The highest BCUT2D eigenvalue weighted by Gasteiger charge is 2.18. The third-order valence-electron chi connectivity index (χ3n) is 3.99. The number of rotatable bonds is 8. The highest BCUT2D eigenvalue weighted by atomic mass is 79.9. The molecule has 3 rings (SSSR count). The Bertz CT molecular complexity index is 1170. The lowest BCUT2D eigenvalue weighted by atomic mass is 10.3. The van der Waals surface area contributed by atoms with Gasteiger partial charge in [-0.1, -0.05) is 0 Å². The number of nitrogens with zero attached hydrogens (tertiary/aromatic N) is 4. The van der Waals surface area contributed by atoms with E-state index in [1.807, 2.05) is 6.92 Å². The van der Waals surface area contributed by atoms with Gasteiger partial charge < -0.3 is 14.8 Å². The molecule has 0 saturated heterocycles. The Hall–Kier alpha value is -3.19. The number of aromatic nitrogens is 4. The van der Waals surface area contributed by atoms with Crippen molar-refractivity contribution in [1.82, 2.24) is 19.7 Å². The molecule has 0 aliphatic heterocycles. The molecule has 0 aliphatic rings. The summed E-state index contributed by atoms with van der Waals surface area (Å²) in [6, 6.07) is 6.92. The Morgan fingerprint density at radius 1 is 1.16 bits per heavy atom. The van der Waals surface area contributed by atoms with E-state index < -0.39 is 15.9 Å². The van der Waals surface area contributed by atoms with E-state index in [2.05, 4.69) is 41.0 Å². The molecule has 0 unspecified atom stereocenters. The number of methoxy groups -OCH3 is 2. The Kier molecular flexibility index (Phi) is 6.75. The molecule has 0 bridgehead atoms. The van der Waals surface area contributed by atoms with Gasteiger partial charge in [0.25, 0.3) is 15.9 Å². The maximum Gasteiger partial charge on any atom is 0.321 e. The molecule has 2 N–H and O–H groups in total. The van der Waals surface area contributed by atoms with Crippen LogP contribution >= 0.6 is 15.9 Å². The summed E-state index contributed by atoms with van der Waals surface area (Å²) in [6.07, 6.45) is 1.70. The molecule has 0 fully saturated rings. The van der Waals surface area contributed by atoms with Gasteiger partial charge in [0, 0.05) is 24.5 Å². The summed E-state index contributed by atoms with van der Waals surface area (Å²) in [5, 5.41) is 6.86. The summed E-state index contributed by atoms with van der Waals surface area (Å²) in [5.74, 6) is -0.301. The van der Waals surface area contributed by atoms with E-state index >= 15 is 0 Å². The summed E-state index contributed by atoms with van der Waals surface area (Å²) >= 11 is 3.30. The van der Waals surface area contributed by atoms with Crippen LogP contribution in [0.1, 0.15) is 17.4 Å². The van der Waals surface area contributed by atoms with E-state index in [0.717, 1.165) is 0 Å². The van der Waals surface area contributed by atoms with Gasteiger partial charge in [0.15, 0.2) is 11.5 Å². The molecule has 2 heterocycles. The van der Waals surface area contributed by atoms with Crippen molar-refractivity contribution in [2.75, 3.05) is 24.3 Å². The molecule has 1 amide bonds. The zero-order chi connectivity index (χ0) is 22.6. The van der Waals surface area contributed by atoms with Crippen LogP contribution in [0.5, 0.6) is 11.9 Å². The highest BCUT2D eigenvalue weighted by Crippen LogP contribution is 2.22. The van der Waals surface area contributed by atoms with Crippen molar-refractivity contribution in [3.8, 4) is 11.9 Å². The Labute approximate surface area is 187 Å². The minimum atomic E-state index is -3.95. The molecule has 11 nitrogen and oxygen atoms in total. The second kappa shape index (κ2) is 9.31. The van der Waals surface area contributed by atoms with E-state index in [-0.39, 0.29) is 28.3 Å². The molecule has 0 atom stereocenters. The number of aryl methyl sites for hydroxylation is 1. The Balaban J connectivity index is 1.75. The van der Waals surface area contributed by atoms with Gasteiger partial charge in [0.2, 0.25) is 5.88 Å². The number of amides is 1. The normalized spacial score (nSPS) is 11.1. The molecule has 0 saturated carbocycles. The van der Waals surface area contributed by atoms with Crippen LogP contribution in [0.25, 0.3) is 0 Å². The van der Waals surface area contributed by atoms with E-state index in [0.29, 0.717) is 16.7 Å². The van der Waals surface area contributed by atoms with Crippen LogP contribution in [0.2, 0.25) is 0 Å². The molecule has 0 spiro atoms. The van der Waals surface area contributed by atoms with Crippen molar-refractivity contribution in [2.24, 2.45) is 0 Å². The quantitative estimate of drug-likeness (QED) is 0.471. The van der Waals surface area contributed by atoms with Crippen LogP contribution in [0.4, 0.5) is 11.5 Å². The number of halogens is 1. The maximum absolute atomic E-state index is 12.7. The molecule has 3 aromatic rings. The lowest BCUT2D eigenvalue weighted by Crippen LogP contribution is -2.16. The lowest BCUT2D eigenvalue weighted by molar-refractivity contribution is 0.102. The predicted octanol–water partition coefficient (Wildman–Crippen LogP) is 2.53. The van der Waals surface area contributed by atoms with Crippen LogP contribution in [0.15, 0.2) is 45.9 Å². The van der Waals surface area contributed by atoms with Crippen molar-refractivity contribution in [1.29, 1.82) is 0 Å². The zero-order valence-corrected chi connectivity index (χ0v) is 19.2. The Morgan fingerprint density at radius 3 is 2.45 bits per heavy atom. The van der Waals surface area contributed by atoms with Gasteiger partial charge >= 0.3 is 6.01 Å². The number of sulfonamides is 1. The van der Waals surface area contributed by atoms with Gasteiger partial charge in [-0.15, -0.1) is 0 Å². The first-order chi connectivity index (χ1) is 14.7. The van der Waals surface area contributed by atoms with Crippen LogP contribution in [0, 0.1) is 0 Å². The van der Waals surface area contributed by atoms with Crippen LogP contribution in [-0.4, -0.2) is 48.3 Å². The van der Waals surface area contributed by atoms with Crippen molar-refractivity contribution >= 4 is 43.4 Å². The first-order valence-electron chi connectivity index (χ1n) is 8.90. The average Bonchev–Trinajstić information content (AvgIpc) is 3.14. The zero-order valence-electron chi connectivity index (χ0n) is 16.8. The van der Waals surface area contributed by atoms with E-state index in [1.54, 1.807) is 10.9 Å². The minimum absolute atomic E-state index is 0.0163. The molecule has 1 aromatic carbocycles. The average molecular weight is 511 g/mol. The number of ether oxygens (including phenoxy) is 2. The molecule has 31 heavy (non-hydrogen) atoms. The van der Waals surface area contributed by atoms with Gasteiger partial charge in [-0.05, 0) is 47.1 Å². The van der Waals surface area contributed by atoms with Gasteiger partial charge in [-0.25, -0.2) is 8.42 Å². The molecule has 0 radical (unpaired) electrons. The van der Waals surface area contributed by atoms with Crippen LogP contribution in [0.3, 0.4) is 0 Å². The van der Waals surface area contributed by atoms with Crippen molar-refractivity contribution in [3.63, 3.8) is 0 Å². The first kappa shape index (κ1) is 22.5. The van der Waals surface area contributed by atoms with E-state index in [4.69, 9.17) is 9.47 Å². The van der Waals surface area contributed by atoms with Crippen molar-refractivity contribution in [3.05, 3.63) is 46.7 Å². The van der Waals surface area contributed by atoms with Gasteiger partial charge in [-0.3, -0.25) is 14.2 Å². The minimum Gasteiger partial charge on any atom is -0.481 e. The number of carbonyl (C=O) groups excluding carboxylic acids is 1. The summed E-state index contributed by atoms with van der Waals surface area (Å²) in [5.41, 5.74) is 0.638.